The first-order chi connectivity index (χ1) is 5.77. The lowest BCUT2D eigenvalue weighted by molar-refractivity contribution is 0.431. The fraction of sp³-hybridized carbons (Fsp3) is 0.286. The molecule has 1 heterocycles. The van der Waals surface area contributed by atoms with Crippen LogP contribution in [-0.4, -0.2) is 21.6 Å². The van der Waals surface area contributed by atoms with E-state index in [1.54, 1.807) is 0 Å². The third-order valence-corrected chi connectivity index (χ3v) is 1.24. The van der Waals surface area contributed by atoms with E-state index >= 15 is 0 Å². The van der Waals surface area contributed by atoms with Gasteiger partial charge in [-0.25, -0.2) is 4.98 Å². The summed E-state index contributed by atoms with van der Waals surface area (Å²) < 4.78 is 0. The first-order valence-corrected chi connectivity index (χ1v) is 3.48. The van der Waals surface area contributed by atoms with Crippen molar-refractivity contribution in [2.24, 2.45) is 0 Å². The van der Waals surface area contributed by atoms with Gasteiger partial charge in [-0.05, 0) is 6.92 Å². The van der Waals surface area contributed by atoms with Gasteiger partial charge in [-0.3, -0.25) is 0 Å². The van der Waals surface area contributed by atoms with Crippen molar-refractivity contribution in [1.82, 2.24) is 9.97 Å². The predicted octanol–water partition coefficient (Wildman–Crippen LogP) is 0.486. The monoisotopic (exact) mass is 164 g/mol. The van der Waals surface area contributed by atoms with Gasteiger partial charge < -0.3 is 10.4 Å². The topological polar surface area (TPSA) is 81.8 Å². The van der Waals surface area contributed by atoms with Gasteiger partial charge in [-0.1, -0.05) is 0 Å². The average molecular weight is 164 g/mol. The Morgan fingerprint density at radius 2 is 2.50 bits per heavy atom. The van der Waals surface area contributed by atoms with Gasteiger partial charge >= 0.3 is 6.01 Å². The normalized spacial score (nSPS) is 9.00. The van der Waals surface area contributed by atoms with Gasteiger partial charge in [0.2, 0.25) is 0 Å². The Bertz CT molecular complexity index is 318. The molecule has 12 heavy (non-hydrogen) atoms. The molecule has 0 atom stereocenters. The summed E-state index contributed by atoms with van der Waals surface area (Å²) in [7, 11) is 0. The van der Waals surface area contributed by atoms with Crippen molar-refractivity contribution in [2.75, 3.05) is 11.9 Å². The van der Waals surface area contributed by atoms with Crippen LogP contribution >= 0.6 is 0 Å². The summed E-state index contributed by atoms with van der Waals surface area (Å²) in [6.07, 6.45) is 1.28. The minimum Gasteiger partial charge on any atom is -0.479 e. The molecule has 0 radical (unpaired) electrons. The van der Waals surface area contributed by atoms with Gasteiger partial charge in [0.05, 0.1) is 6.20 Å². The van der Waals surface area contributed by atoms with Crippen molar-refractivity contribution in [3.63, 3.8) is 0 Å². The number of hydrogen-bond donors (Lipinski definition) is 2. The molecule has 0 aliphatic rings. The van der Waals surface area contributed by atoms with Crippen LogP contribution in [0.1, 0.15) is 12.5 Å². The second kappa shape index (κ2) is 3.53. The molecule has 0 unspecified atom stereocenters. The van der Waals surface area contributed by atoms with E-state index in [4.69, 9.17) is 10.4 Å². The highest BCUT2D eigenvalue weighted by Gasteiger charge is 2.03. The van der Waals surface area contributed by atoms with E-state index in [0.29, 0.717) is 17.9 Å². The van der Waals surface area contributed by atoms with Crippen molar-refractivity contribution in [1.29, 1.82) is 5.26 Å². The summed E-state index contributed by atoms with van der Waals surface area (Å²) >= 11 is 0. The van der Waals surface area contributed by atoms with Crippen molar-refractivity contribution >= 4 is 5.82 Å². The molecule has 0 aromatic carbocycles. The maximum Gasteiger partial charge on any atom is 0.315 e. The van der Waals surface area contributed by atoms with Gasteiger partial charge in [0, 0.05) is 6.54 Å². The molecule has 1 aromatic heterocycles. The molecule has 62 valence electrons. The smallest absolute Gasteiger partial charge is 0.315 e. The lowest BCUT2D eigenvalue weighted by Crippen LogP contribution is -2.02. The van der Waals surface area contributed by atoms with Crippen molar-refractivity contribution in [3.05, 3.63) is 11.8 Å². The Morgan fingerprint density at radius 1 is 1.75 bits per heavy atom. The van der Waals surface area contributed by atoms with Crippen LogP contribution in [0, 0.1) is 11.3 Å². The molecule has 0 spiro atoms. The minimum absolute atomic E-state index is 0.328. The average Bonchev–Trinajstić information content (AvgIpc) is 2.05. The van der Waals surface area contributed by atoms with Crippen LogP contribution < -0.4 is 5.32 Å². The number of nitriles is 1. The molecule has 1 rings (SSSR count). The molecule has 0 fully saturated rings. The second-order valence-electron chi connectivity index (χ2n) is 2.07. The van der Waals surface area contributed by atoms with Crippen LogP contribution in [0.15, 0.2) is 6.20 Å². The summed E-state index contributed by atoms with van der Waals surface area (Å²) in [5.41, 5.74) is 0.328. The summed E-state index contributed by atoms with van der Waals surface area (Å²) in [5.74, 6) is 0.368. The molecular weight excluding hydrogens is 156 g/mol. The van der Waals surface area contributed by atoms with Gasteiger partial charge in [0.15, 0.2) is 5.82 Å². The molecule has 0 aliphatic heterocycles. The number of aromatic nitrogens is 2. The highest BCUT2D eigenvalue weighted by Crippen LogP contribution is 2.12. The first kappa shape index (κ1) is 8.27. The van der Waals surface area contributed by atoms with E-state index in [9.17, 15) is 0 Å². The predicted molar refractivity (Wildman–Crippen MR) is 42.6 cm³/mol. The highest BCUT2D eigenvalue weighted by molar-refractivity contribution is 5.50. The summed E-state index contributed by atoms with van der Waals surface area (Å²) in [5, 5.41) is 20.3. The SMILES string of the molecule is CCNc1nc(O)ncc1C#N. The maximum atomic E-state index is 8.89. The van der Waals surface area contributed by atoms with Crippen LogP contribution in [0.2, 0.25) is 0 Å². The zero-order valence-electron chi connectivity index (χ0n) is 6.57. The van der Waals surface area contributed by atoms with E-state index < -0.39 is 0 Å². The molecule has 0 amide bonds. The molecule has 5 heteroatoms. The number of rotatable bonds is 2. The van der Waals surface area contributed by atoms with Gasteiger partial charge in [0.1, 0.15) is 11.6 Å². The molecule has 1 aromatic rings. The Kier molecular flexibility index (Phi) is 2.43. The lowest BCUT2D eigenvalue weighted by atomic mass is 10.3. The number of anilines is 1. The Balaban J connectivity index is 3.06. The quantitative estimate of drug-likeness (QED) is 0.664. The number of nitrogens with one attached hydrogen (secondary N) is 1. The Morgan fingerprint density at radius 3 is 3.08 bits per heavy atom. The summed E-state index contributed by atoms with van der Waals surface area (Å²) in [4.78, 5) is 7.12. The van der Waals surface area contributed by atoms with Crippen LogP contribution in [0.5, 0.6) is 6.01 Å². The highest BCUT2D eigenvalue weighted by atomic mass is 16.3. The molecule has 0 saturated heterocycles. The number of aromatic hydroxyl groups is 1. The zero-order valence-corrected chi connectivity index (χ0v) is 6.57. The third-order valence-electron chi connectivity index (χ3n) is 1.24. The van der Waals surface area contributed by atoms with Crippen LogP contribution in [-0.2, 0) is 0 Å². The molecule has 0 aliphatic carbocycles. The van der Waals surface area contributed by atoms with Gasteiger partial charge in [0.25, 0.3) is 0 Å². The Labute approximate surface area is 69.7 Å². The zero-order chi connectivity index (χ0) is 8.97. The van der Waals surface area contributed by atoms with E-state index in [0.717, 1.165) is 0 Å². The molecule has 0 bridgehead atoms. The summed E-state index contributed by atoms with van der Waals surface area (Å²) in [6, 6.07) is 1.58. The fourth-order valence-corrected chi connectivity index (χ4v) is 0.757. The lowest BCUT2D eigenvalue weighted by Gasteiger charge is -2.02. The standard InChI is InChI=1S/C7H8N4O/c1-2-9-6-5(3-8)4-10-7(12)11-6/h4H,2H2,1H3,(H2,9,10,11,12). The van der Waals surface area contributed by atoms with Gasteiger partial charge in [-0.2, -0.15) is 10.2 Å². The van der Waals surface area contributed by atoms with Crippen LogP contribution in [0.4, 0.5) is 5.82 Å². The molecule has 2 N–H and O–H groups in total. The first-order valence-electron chi connectivity index (χ1n) is 3.48. The van der Waals surface area contributed by atoms with Crippen molar-refractivity contribution in [2.45, 2.75) is 6.92 Å². The minimum atomic E-state index is -0.329. The Hall–Kier alpha value is -1.83. The molecular formula is C7H8N4O. The van der Waals surface area contributed by atoms with E-state index in [1.165, 1.54) is 6.20 Å². The van der Waals surface area contributed by atoms with Crippen LogP contribution in [0.25, 0.3) is 0 Å². The number of nitrogens with zero attached hydrogens (tertiary/aromatic N) is 3. The van der Waals surface area contributed by atoms with Crippen molar-refractivity contribution < 1.29 is 5.11 Å². The molecule has 5 nitrogen and oxygen atoms in total. The largest absolute Gasteiger partial charge is 0.479 e. The second-order valence-corrected chi connectivity index (χ2v) is 2.07. The summed E-state index contributed by atoms with van der Waals surface area (Å²) in [6.45, 7) is 2.52. The van der Waals surface area contributed by atoms with Crippen LogP contribution in [0.3, 0.4) is 0 Å². The third kappa shape index (κ3) is 1.61. The van der Waals surface area contributed by atoms with E-state index in [-0.39, 0.29) is 6.01 Å². The van der Waals surface area contributed by atoms with Crippen molar-refractivity contribution in [3.8, 4) is 12.1 Å². The number of hydrogen-bond acceptors (Lipinski definition) is 5. The van der Waals surface area contributed by atoms with E-state index in [2.05, 4.69) is 15.3 Å². The fourth-order valence-electron chi connectivity index (χ4n) is 0.757. The molecule has 0 saturated carbocycles. The van der Waals surface area contributed by atoms with Gasteiger partial charge in [-0.15, -0.1) is 0 Å². The maximum absolute atomic E-state index is 8.89. The van der Waals surface area contributed by atoms with E-state index in [1.807, 2.05) is 13.0 Å².